The van der Waals surface area contributed by atoms with Crippen LogP contribution in [0.3, 0.4) is 0 Å². The molecule has 106 valence electrons. The number of halogens is 1. The summed E-state index contributed by atoms with van der Waals surface area (Å²) < 4.78 is 12.9. The summed E-state index contributed by atoms with van der Waals surface area (Å²) in [6.07, 6.45) is 1.38. The standard InChI is InChI=1S/C15H23FN2O/c1-4-18(15(19)6-5-11-17-3)12(2)13-7-9-14(16)10-8-13/h7-10,12,17H,4-6,11H2,1-3H3. The molecular weight excluding hydrogens is 243 g/mol. The summed E-state index contributed by atoms with van der Waals surface area (Å²) in [5, 5.41) is 3.03. The summed E-state index contributed by atoms with van der Waals surface area (Å²) in [4.78, 5) is 14.0. The van der Waals surface area contributed by atoms with Crippen molar-refractivity contribution in [3.8, 4) is 0 Å². The molecule has 0 bridgehead atoms. The maximum atomic E-state index is 12.9. The molecule has 1 N–H and O–H groups in total. The number of nitrogens with one attached hydrogen (secondary N) is 1. The quantitative estimate of drug-likeness (QED) is 0.770. The second-order valence-electron chi connectivity index (χ2n) is 4.61. The summed E-state index contributed by atoms with van der Waals surface area (Å²) in [6, 6.07) is 6.33. The van der Waals surface area contributed by atoms with Gasteiger partial charge in [0.1, 0.15) is 5.82 Å². The SMILES string of the molecule is CCN(C(=O)CCCNC)C(C)c1ccc(F)cc1. The van der Waals surface area contributed by atoms with Gasteiger partial charge in [-0.3, -0.25) is 4.79 Å². The minimum Gasteiger partial charge on any atom is -0.336 e. The molecule has 0 aliphatic carbocycles. The maximum Gasteiger partial charge on any atom is 0.223 e. The smallest absolute Gasteiger partial charge is 0.223 e. The van der Waals surface area contributed by atoms with E-state index in [1.807, 2.05) is 25.8 Å². The predicted octanol–water partition coefficient (Wildman–Crippen LogP) is 2.73. The number of carbonyl (C=O) groups is 1. The van der Waals surface area contributed by atoms with Crippen LogP contribution in [-0.4, -0.2) is 30.9 Å². The van der Waals surface area contributed by atoms with Crippen molar-refractivity contribution < 1.29 is 9.18 Å². The molecule has 0 aliphatic heterocycles. The van der Waals surface area contributed by atoms with Gasteiger partial charge < -0.3 is 10.2 Å². The lowest BCUT2D eigenvalue weighted by atomic mass is 10.1. The van der Waals surface area contributed by atoms with E-state index in [9.17, 15) is 9.18 Å². The van der Waals surface area contributed by atoms with E-state index in [4.69, 9.17) is 0 Å². The van der Waals surface area contributed by atoms with Crippen LogP contribution in [0.4, 0.5) is 4.39 Å². The van der Waals surface area contributed by atoms with Crippen molar-refractivity contribution >= 4 is 5.91 Å². The van der Waals surface area contributed by atoms with Crippen molar-refractivity contribution in [1.82, 2.24) is 10.2 Å². The molecule has 1 aromatic rings. The van der Waals surface area contributed by atoms with E-state index in [0.29, 0.717) is 13.0 Å². The first-order valence-corrected chi connectivity index (χ1v) is 6.79. The Bertz CT molecular complexity index is 392. The lowest BCUT2D eigenvalue weighted by molar-refractivity contribution is -0.133. The Hall–Kier alpha value is -1.42. The molecule has 0 aromatic heterocycles. The molecular formula is C15H23FN2O. The fourth-order valence-corrected chi connectivity index (χ4v) is 2.15. The van der Waals surface area contributed by atoms with Gasteiger partial charge in [0, 0.05) is 13.0 Å². The zero-order valence-electron chi connectivity index (χ0n) is 11.9. The summed E-state index contributed by atoms with van der Waals surface area (Å²) in [7, 11) is 1.88. The van der Waals surface area contributed by atoms with Crippen molar-refractivity contribution in [3.63, 3.8) is 0 Å². The lowest BCUT2D eigenvalue weighted by Gasteiger charge is -2.28. The highest BCUT2D eigenvalue weighted by molar-refractivity contribution is 5.76. The zero-order chi connectivity index (χ0) is 14.3. The van der Waals surface area contributed by atoms with Gasteiger partial charge in [-0.1, -0.05) is 12.1 Å². The average Bonchev–Trinajstić information content (AvgIpc) is 2.40. The van der Waals surface area contributed by atoms with E-state index >= 15 is 0 Å². The van der Waals surface area contributed by atoms with Gasteiger partial charge in [-0.25, -0.2) is 4.39 Å². The Morgan fingerprint density at radius 1 is 1.37 bits per heavy atom. The number of hydrogen-bond donors (Lipinski definition) is 1. The van der Waals surface area contributed by atoms with E-state index in [0.717, 1.165) is 18.5 Å². The Balaban J connectivity index is 2.67. The molecule has 0 fully saturated rings. The Labute approximate surface area is 114 Å². The van der Waals surface area contributed by atoms with Gasteiger partial charge in [0.2, 0.25) is 5.91 Å². The van der Waals surface area contributed by atoms with Gasteiger partial charge in [-0.2, -0.15) is 0 Å². The number of hydrogen-bond acceptors (Lipinski definition) is 2. The van der Waals surface area contributed by atoms with Gasteiger partial charge in [-0.15, -0.1) is 0 Å². The molecule has 0 saturated carbocycles. The van der Waals surface area contributed by atoms with Crippen LogP contribution in [0.25, 0.3) is 0 Å². The van der Waals surface area contributed by atoms with Crippen molar-refractivity contribution in [3.05, 3.63) is 35.6 Å². The van der Waals surface area contributed by atoms with E-state index in [-0.39, 0.29) is 17.8 Å². The molecule has 0 spiro atoms. The summed E-state index contributed by atoms with van der Waals surface area (Å²) in [6.45, 7) is 5.45. The minimum atomic E-state index is -0.251. The van der Waals surface area contributed by atoms with E-state index in [2.05, 4.69) is 5.32 Å². The van der Waals surface area contributed by atoms with E-state index in [1.165, 1.54) is 12.1 Å². The molecule has 0 radical (unpaired) electrons. The van der Waals surface area contributed by atoms with Gasteiger partial charge in [0.25, 0.3) is 0 Å². The van der Waals surface area contributed by atoms with Crippen LogP contribution in [0.5, 0.6) is 0 Å². The van der Waals surface area contributed by atoms with Crippen LogP contribution in [0.1, 0.15) is 38.3 Å². The summed E-state index contributed by atoms with van der Waals surface area (Å²) >= 11 is 0. The molecule has 1 rings (SSSR count). The van der Waals surface area contributed by atoms with Crippen molar-refractivity contribution in [1.29, 1.82) is 0 Å². The number of rotatable bonds is 7. The molecule has 1 unspecified atom stereocenters. The molecule has 0 saturated heterocycles. The third-order valence-electron chi connectivity index (χ3n) is 3.30. The molecule has 1 atom stereocenters. The van der Waals surface area contributed by atoms with Crippen LogP contribution in [0.2, 0.25) is 0 Å². The largest absolute Gasteiger partial charge is 0.336 e. The van der Waals surface area contributed by atoms with Crippen LogP contribution in [0.15, 0.2) is 24.3 Å². The normalized spacial score (nSPS) is 12.2. The molecule has 19 heavy (non-hydrogen) atoms. The summed E-state index contributed by atoms with van der Waals surface area (Å²) in [5.41, 5.74) is 0.963. The highest BCUT2D eigenvalue weighted by Crippen LogP contribution is 2.21. The third kappa shape index (κ3) is 4.63. The number of benzene rings is 1. The number of amides is 1. The minimum absolute atomic E-state index is 0.0207. The lowest BCUT2D eigenvalue weighted by Crippen LogP contribution is -2.33. The third-order valence-corrected chi connectivity index (χ3v) is 3.30. The molecule has 4 heteroatoms. The van der Waals surface area contributed by atoms with Crippen molar-refractivity contribution in [2.75, 3.05) is 20.1 Å². The fourth-order valence-electron chi connectivity index (χ4n) is 2.15. The van der Waals surface area contributed by atoms with Gasteiger partial charge in [-0.05, 0) is 51.6 Å². The highest BCUT2D eigenvalue weighted by Gasteiger charge is 2.19. The molecule has 3 nitrogen and oxygen atoms in total. The van der Waals surface area contributed by atoms with E-state index in [1.54, 1.807) is 12.1 Å². The Morgan fingerprint density at radius 3 is 2.53 bits per heavy atom. The second kappa shape index (κ2) is 7.89. The van der Waals surface area contributed by atoms with Gasteiger partial charge in [0.05, 0.1) is 6.04 Å². The fraction of sp³-hybridized carbons (Fsp3) is 0.533. The highest BCUT2D eigenvalue weighted by atomic mass is 19.1. The summed E-state index contributed by atoms with van der Waals surface area (Å²) in [5.74, 6) is -0.103. The van der Waals surface area contributed by atoms with Crippen LogP contribution in [0, 0.1) is 5.82 Å². The van der Waals surface area contributed by atoms with Crippen LogP contribution in [-0.2, 0) is 4.79 Å². The number of carbonyl (C=O) groups excluding carboxylic acids is 1. The first-order valence-electron chi connectivity index (χ1n) is 6.79. The first kappa shape index (κ1) is 15.6. The second-order valence-corrected chi connectivity index (χ2v) is 4.61. The molecule has 1 amide bonds. The Kier molecular flexibility index (Phi) is 6.50. The Morgan fingerprint density at radius 2 is 2.00 bits per heavy atom. The molecule has 1 aromatic carbocycles. The van der Waals surface area contributed by atoms with Gasteiger partial charge in [0.15, 0.2) is 0 Å². The number of nitrogens with zero attached hydrogens (tertiary/aromatic N) is 1. The topological polar surface area (TPSA) is 32.3 Å². The average molecular weight is 266 g/mol. The molecule has 0 heterocycles. The van der Waals surface area contributed by atoms with Crippen molar-refractivity contribution in [2.24, 2.45) is 0 Å². The van der Waals surface area contributed by atoms with Crippen LogP contribution >= 0.6 is 0 Å². The first-order chi connectivity index (χ1) is 9.10. The van der Waals surface area contributed by atoms with Gasteiger partial charge >= 0.3 is 0 Å². The van der Waals surface area contributed by atoms with Crippen LogP contribution < -0.4 is 5.32 Å². The van der Waals surface area contributed by atoms with Crippen molar-refractivity contribution in [2.45, 2.75) is 32.7 Å². The maximum absolute atomic E-state index is 12.9. The van der Waals surface area contributed by atoms with E-state index < -0.39 is 0 Å². The zero-order valence-corrected chi connectivity index (χ0v) is 11.9. The monoisotopic (exact) mass is 266 g/mol. The predicted molar refractivity (Wildman–Crippen MR) is 75.4 cm³/mol. The molecule has 0 aliphatic rings.